The number of nitrogens with zero attached hydrogens (tertiary/aromatic N) is 4. The lowest BCUT2D eigenvalue weighted by Gasteiger charge is -2.16. The van der Waals surface area contributed by atoms with Crippen molar-refractivity contribution in [3.05, 3.63) is 86.5 Å². The number of thiophene rings is 1. The molecular weight excluding hydrogens is 510 g/mol. The van der Waals surface area contributed by atoms with Crippen molar-refractivity contribution >= 4 is 50.8 Å². The summed E-state index contributed by atoms with van der Waals surface area (Å²) in [5, 5.41) is 10.7. The van der Waals surface area contributed by atoms with Crippen LogP contribution in [0, 0.1) is 0 Å². The van der Waals surface area contributed by atoms with Gasteiger partial charge >= 0.3 is 0 Å². The van der Waals surface area contributed by atoms with Crippen molar-refractivity contribution in [1.82, 2.24) is 24.7 Å². The zero-order valence-electron chi connectivity index (χ0n) is 16.7. The number of H-pyrrole nitrogens is 1. The summed E-state index contributed by atoms with van der Waals surface area (Å²) in [5.41, 5.74) is 1.10. The number of fused-ring (bicyclic) bond motifs is 1. The highest BCUT2D eigenvalue weighted by Crippen LogP contribution is 2.35. The maximum absolute atomic E-state index is 12.7. The third-order valence-electron chi connectivity index (χ3n) is 4.95. The molecule has 0 saturated carbocycles. The van der Waals surface area contributed by atoms with E-state index >= 15 is 0 Å². The number of hydrogen-bond acceptors (Lipinski definition) is 7. The van der Waals surface area contributed by atoms with Crippen molar-refractivity contribution in [2.24, 2.45) is 0 Å². The van der Waals surface area contributed by atoms with Crippen molar-refractivity contribution in [3.63, 3.8) is 0 Å². The van der Waals surface area contributed by atoms with E-state index in [1.807, 2.05) is 52.4 Å². The fourth-order valence-electron chi connectivity index (χ4n) is 3.47. The second-order valence-electron chi connectivity index (χ2n) is 6.88. The van der Waals surface area contributed by atoms with Crippen molar-refractivity contribution in [3.8, 4) is 22.1 Å². The number of rotatable bonds is 5. The quantitative estimate of drug-likeness (QED) is 0.314. The van der Waals surface area contributed by atoms with Crippen LogP contribution in [-0.2, 0) is 0 Å². The summed E-state index contributed by atoms with van der Waals surface area (Å²) in [6, 6.07) is 16.9. The molecule has 0 fully saturated rings. The van der Waals surface area contributed by atoms with Crippen LogP contribution in [0.3, 0.4) is 0 Å². The van der Waals surface area contributed by atoms with Crippen LogP contribution in [0.2, 0.25) is 0 Å². The Morgan fingerprint density at radius 1 is 1.16 bits per heavy atom. The molecule has 1 atom stereocenters. The molecule has 10 heteroatoms. The zero-order chi connectivity index (χ0) is 22.2. The second kappa shape index (κ2) is 8.53. The third kappa shape index (κ3) is 3.64. The van der Waals surface area contributed by atoms with Crippen LogP contribution in [0.25, 0.3) is 27.3 Å². The molecule has 5 aromatic rings. The fourth-order valence-corrected chi connectivity index (χ4v) is 4.82. The van der Waals surface area contributed by atoms with Gasteiger partial charge in [0.2, 0.25) is 0 Å². The van der Waals surface area contributed by atoms with Gasteiger partial charge in [0.05, 0.1) is 28.6 Å². The first-order valence-electron chi connectivity index (χ1n) is 9.57. The van der Waals surface area contributed by atoms with Crippen molar-refractivity contribution in [1.29, 1.82) is 0 Å². The molecule has 3 heterocycles. The van der Waals surface area contributed by atoms with Gasteiger partial charge in [0.25, 0.3) is 5.56 Å². The van der Waals surface area contributed by atoms with Crippen LogP contribution >= 0.6 is 39.9 Å². The Morgan fingerprint density at radius 3 is 2.78 bits per heavy atom. The topological polar surface area (TPSA) is 85.7 Å². The molecule has 0 aliphatic carbocycles. The fraction of sp³-hybridized carbons (Fsp3) is 0.0909. The average molecular weight is 526 g/mol. The minimum absolute atomic E-state index is 0.243. The Labute approximate surface area is 200 Å². The summed E-state index contributed by atoms with van der Waals surface area (Å²) in [5.74, 6) is 2.22. The third-order valence-corrected chi connectivity index (χ3v) is 6.78. The molecule has 0 aliphatic rings. The molecule has 0 amide bonds. The van der Waals surface area contributed by atoms with Crippen molar-refractivity contribution < 1.29 is 4.74 Å². The molecule has 2 aromatic carbocycles. The number of hydrogen-bond donors (Lipinski definition) is 2. The van der Waals surface area contributed by atoms with Gasteiger partial charge in [-0.1, -0.05) is 34.1 Å². The molecule has 3 aromatic heterocycles. The van der Waals surface area contributed by atoms with Gasteiger partial charge in [-0.15, -0.1) is 21.5 Å². The Kier molecular flexibility index (Phi) is 5.58. The Balaban J connectivity index is 1.71. The lowest BCUT2D eigenvalue weighted by Crippen LogP contribution is -2.16. The molecule has 0 aliphatic heterocycles. The number of halogens is 1. The van der Waals surface area contributed by atoms with Crippen LogP contribution in [0.15, 0.2) is 69.2 Å². The SMILES string of the molecule is COc1ccccc1-n1c(-c2cccs2)nnc1C(S)c1nc2ccc(Br)cc2c(=O)[nH]1. The van der Waals surface area contributed by atoms with Crippen LogP contribution in [-0.4, -0.2) is 31.8 Å². The molecule has 1 N–H and O–H groups in total. The summed E-state index contributed by atoms with van der Waals surface area (Å²) in [6.07, 6.45) is 0. The van der Waals surface area contributed by atoms with E-state index in [1.165, 1.54) is 0 Å². The maximum Gasteiger partial charge on any atom is 0.258 e. The second-order valence-corrected chi connectivity index (χ2v) is 9.26. The van der Waals surface area contributed by atoms with E-state index in [0.717, 1.165) is 15.0 Å². The van der Waals surface area contributed by atoms with Crippen LogP contribution < -0.4 is 10.3 Å². The summed E-state index contributed by atoms with van der Waals surface area (Å²) in [4.78, 5) is 21.2. The van der Waals surface area contributed by atoms with E-state index < -0.39 is 5.25 Å². The highest BCUT2D eigenvalue weighted by Gasteiger charge is 2.26. The van der Waals surface area contributed by atoms with Gasteiger partial charge in [-0.05, 0) is 41.8 Å². The van der Waals surface area contributed by atoms with E-state index in [-0.39, 0.29) is 5.56 Å². The maximum atomic E-state index is 12.7. The van der Waals surface area contributed by atoms with E-state index in [9.17, 15) is 4.79 Å². The van der Waals surface area contributed by atoms with Gasteiger partial charge < -0.3 is 9.72 Å². The van der Waals surface area contributed by atoms with E-state index in [2.05, 4.69) is 36.1 Å². The number of para-hydroxylation sites is 2. The number of aromatic nitrogens is 5. The zero-order valence-corrected chi connectivity index (χ0v) is 20.0. The normalized spacial score (nSPS) is 12.2. The predicted octanol–water partition coefficient (Wildman–Crippen LogP) is 5.02. The van der Waals surface area contributed by atoms with Gasteiger partial charge in [-0.25, -0.2) is 4.98 Å². The van der Waals surface area contributed by atoms with Gasteiger partial charge in [0.15, 0.2) is 11.6 Å². The Bertz CT molecular complexity index is 1480. The van der Waals surface area contributed by atoms with Crippen LogP contribution in [0.5, 0.6) is 5.75 Å². The number of ether oxygens (including phenoxy) is 1. The van der Waals surface area contributed by atoms with Gasteiger partial charge in [-0.3, -0.25) is 9.36 Å². The van der Waals surface area contributed by atoms with Crippen LogP contribution in [0.4, 0.5) is 0 Å². The Hall–Kier alpha value is -2.95. The standard InChI is InChI=1S/C22H16BrN5O2S2/c1-30-16-6-3-2-5-15(16)28-20(17-7-4-10-32-17)26-27-21(28)18(31)19-24-14-9-8-12(23)11-13(14)22(29)25-19/h2-11,18,31H,1H3,(H,24,25,29). The Morgan fingerprint density at radius 2 is 2.00 bits per heavy atom. The highest BCUT2D eigenvalue weighted by molar-refractivity contribution is 9.10. The molecule has 160 valence electrons. The first-order valence-corrected chi connectivity index (χ1v) is 11.8. The number of thiol groups is 1. The van der Waals surface area contributed by atoms with Gasteiger partial charge in [-0.2, -0.15) is 12.6 Å². The lowest BCUT2D eigenvalue weighted by atomic mass is 10.2. The average Bonchev–Trinajstić information content (AvgIpc) is 3.48. The van der Waals surface area contributed by atoms with E-state index in [1.54, 1.807) is 30.6 Å². The smallest absolute Gasteiger partial charge is 0.258 e. The summed E-state index contributed by atoms with van der Waals surface area (Å²) >= 11 is 9.74. The molecule has 1 unspecified atom stereocenters. The number of methoxy groups -OCH3 is 1. The first kappa shape index (κ1) is 20.9. The van der Waals surface area contributed by atoms with Crippen LogP contribution in [0.1, 0.15) is 16.9 Å². The number of aromatic amines is 1. The van der Waals surface area contributed by atoms with Gasteiger partial charge in [0.1, 0.15) is 16.8 Å². The predicted molar refractivity (Wildman–Crippen MR) is 132 cm³/mol. The number of benzene rings is 2. The number of nitrogens with one attached hydrogen (secondary N) is 1. The minimum Gasteiger partial charge on any atom is -0.495 e. The monoisotopic (exact) mass is 525 g/mol. The summed E-state index contributed by atoms with van der Waals surface area (Å²) in [7, 11) is 1.62. The highest BCUT2D eigenvalue weighted by atomic mass is 79.9. The molecule has 0 spiro atoms. The first-order chi connectivity index (χ1) is 15.6. The minimum atomic E-state index is -0.637. The molecule has 7 nitrogen and oxygen atoms in total. The molecule has 0 radical (unpaired) electrons. The van der Waals surface area contributed by atoms with Gasteiger partial charge in [0, 0.05) is 4.47 Å². The largest absolute Gasteiger partial charge is 0.495 e. The lowest BCUT2D eigenvalue weighted by molar-refractivity contribution is 0.412. The summed E-state index contributed by atoms with van der Waals surface area (Å²) in [6.45, 7) is 0. The van der Waals surface area contributed by atoms with E-state index in [4.69, 9.17) is 17.4 Å². The van der Waals surface area contributed by atoms with Crippen molar-refractivity contribution in [2.45, 2.75) is 5.25 Å². The molecule has 5 rings (SSSR count). The van der Waals surface area contributed by atoms with E-state index in [0.29, 0.717) is 34.1 Å². The molecule has 0 saturated heterocycles. The molecular formula is C22H16BrN5O2S2. The summed E-state index contributed by atoms with van der Waals surface area (Å²) < 4.78 is 8.30. The molecule has 32 heavy (non-hydrogen) atoms. The van der Waals surface area contributed by atoms with Crippen molar-refractivity contribution in [2.75, 3.05) is 7.11 Å². The molecule has 0 bridgehead atoms.